The summed E-state index contributed by atoms with van der Waals surface area (Å²) in [5.74, 6) is -0.526. The van der Waals surface area contributed by atoms with Crippen LogP contribution in [0, 0.1) is 0 Å². The summed E-state index contributed by atoms with van der Waals surface area (Å²) in [5.41, 5.74) is -0.601. The van der Waals surface area contributed by atoms with E-state index in [4.69, 9.17) is 0 Å². The summed E-state index contributed by atoms with van der Waals surface area (Å²) in [6.45, 7) is 6.08. The molecule has 3 aliphatic heterocycles. The first-order valence-corrected chi connectivity index (χ1v) is 11.3. The van der Waals surface area contributed by atoms with Crippen LogP contribution in [0.15, 0.2) is 35.5 Å². The fourth-order valence-electron chi connectivity index (χ4n) is 4.75. The van der Waals surface area contributed by atoms with Gasteiger partial charge < -0.3 is 20.0 Å². The van der Waals surface area contributed by atoms with Crippen LogP contribution in [0.2, 0.25) is 0 Å². The van der Waals surface area contributed by atoms with Gasteiger partial charge >= 0.3 is 12.2 Å². The molecular formula is C23H28F3N5O3. The molecule has 1 atom stereocenters. The maximum absolute atomic E-state index is 13.6. The topological polar surface area (TPSA) is 76.2 Å². The van der Waals surface area contributed by atoms with Gasteiger partial charge in [-0.05, 0) is 18.2 Å². The molecule has 0 aromatic heterocycles. The molecule has 1 aromatic carbocycles. The molecule has 11 heteroatoms. The highest BCUT2D eigenvalue weighted by atomic mass is 19.4. The van der Waals surface area contributed by atoms with Crippen LogP contribution < -0.4 is 5.32 Å². The van der Waals surface area contributed by atoms with Gasteiger partial charge in [-0.25, -0.2) is 4.79 Å². The van der Waals surface area contributed by atoms with Crippen molar-refractivity contribution in [3.63, 3.8) is 0 Å². The molecule has 1 fully saturated rings. The van der Waals surface area contributed by atoms with Crippen LogP contribution in [0.5, 0.6) is 0 Å². The van der Waals surface area contributed by atoms with E-state index < -0.39 is 29.7 Å². The number of hydrogen-bond acceptors (Lipinski definition) is 4. The Morgan fingerprint density at radius 3 is 2.44 bits per heavy atom. The predicted octanol–water partition coefficient (Wildman–Crippen LogP) is 2.05. The molecule has 0 spiro atoms. The Bertz CT molecular complexity index is 1020. The zero-order valence-electron chi connectivity index (χ0n) is 19.2. The monoisotopic (exact) mass is 479 g/mol. The van der Waals surface area contributed by atoms with Crippen molar-refractivity contribution >= 4 is 17.8 Å². The Labute approximate surface area is 195 Å². The summed E-state index contributed by atoms with van der Waals surface area (Å²) < 4.78 is 40.9. The lowest BCUT2D eigenvalue weighted by atomic mass is 9.92. The van der Waals surface area contributed by atoms with Gasteiger partial charge in [0.15, 0.2) is 0 Å². The predicted molar refractivity (Wildman–Crippen MR) is 117 cm³/mol. The highest BCUT2D eigenvalue weighted by Gasteiger charge is 2.45. The van der Waals surface area contributed by atoms with Crippen LogP contribution >= 0.6 is 0 Å². The lowest BCUT2D eigenvalue weighted by Gasteiger charge is -2.34. The average molecular weight is 480 g/mol. The average Bonchev–Trinajstić information content (AvgIpc) is 3.15. The van der Waals surface area contributed by atoms with Gasteiger partial charge in [0.05, 0.1) is 29.4 Å². The number of benzene rings is 1. The number of hydrogen-bond donors (Lipinski definition) is 1. The molecule has 0 bridgehead atoms. The van der Waals surface area contributed by atoms with Crippen LogP contribution in [0.3, 0.4) is 0 Å². The van der Waals surface area contributed by atoms with Crippen molar-refractivity contribution in [3.8, 4) is 0 Å². The number of nitrogens with one attached hydrogen (secondary N) is 1. The molecule has 4 rings (SSSR count). The smallest absolute Gasteiger partial charge is 0.340 e. The molecule has 1 aromatic rings. The maximum atomic E-state index is 13.6. The van der Waals surface area contributed by atoms with E-state index in [9.17, 15) is 27.6 Å². The minimum absolute atomic E-state index is 0.0602. The normalized spacial score (nSPS) is 21.8. The van der Waals surface area contributed by atoms with Gasteiger partial charge in [-0.2, -0.15) is 13.2 Å². The van der Waals surface area contributed by atoms with Gasteiger partial charge in [0.1, 0.15) is 0 Å². The lowest BCUT2D eigenvalue weighted by molar-refractivity contribution is -0.139. The Morgan fingerprint density at radius 2 is 1.79 bits per heavy atom. The molecule has 34 heavy (non-hydrogen) atoms. The number of alkyl halides is 3. The van der Waals surface area contributed by atoms with Gasteiger partial charge in [-0.1, -0.05) is 25.1 Å². The summed E-state index contributed by atoms with van der Waals surface area (Å²) in [5, 5.41) is 2.55. The largest absolute Gasteiger partial charge is 0.416 e. The van der Waals surface area contributed by atoms with E-state index in [0.29, 0.717) is 18.8 Å². The second-order valence-corrected chi connectivity index (χ2v) is 8.68. The zero-order chi connectivity index (χ0) is 24.6. The SMILES string of the molecule is CCN1CCN(C(=O)CCN2CC3=C(C2=O)C(c2ccccc2C(F)(F)F)NC(=O)N3C)CC1. The van der Waals surface area contributed by atoms with Crippen LogP contribution in [-0.4, -0.2) is 90.3 Å². The third kappa shape index (κ3) is 4.48. The minimum Gasteiger partial charge on any atom is -0.340 e. The van der Waals surface area contributed by atoms with Crippen molar-refractivity contribution in [2.24, 2.45) is 0 Å². The summed E-state index contributed by atoms with van der Waals surface area (Å²) >= 11 is 0. The minimum atomic E-state index is -4.64. The second kappa shape index (κ2) is 9.28. The summed E-state index contributed by atoms with van der Waals surface area (Å²) in [4.78, 5) is 45.2. The van der Waals surface area contributed by atoms with E-state index in [-0.39, 0.29) is 36.6 Å². The van der Waals surface area contributed by atoms with Crippen molar-refractivity contribution in [1.29, 1.82) is 0 Å². The number of piperazine rings is 1. The standard InChI is InChI=1S/C23H28F3N5O3/c1-3-29-10-12-30(13-11-29)18(32)8-9-31-14-17-19(21(31)33)20(27-22(34)28(17)2)15-6-4-5-7-16(15)23(24,25)26/h4-7,20H,3,8-14H2,1-2H3,(H,27,34). The molecule has 1 saturated heterocycles. The van der Waals surface area contributed by atoms with Crippen molar-refractivity contribution in [3.05, 3.63) is 46.7 Å². The second-order valence-electron chi connectivity index (χ2n) is 8.68. The zero-order valence-corrected chi connectivity index (χ0v) is 19.2. The van der Waals surface area contributed by atoms with Crippen molar-refractivity contribution in [1.82, 2.24) is 24.9 Å². The number of halogens is 3. The molecule has 0 radical (unpaired) electrons. The van der Waals surface area contributed by atoms with Gasteiger partial charge in [-0.15, -0.1) is 0 Å². The first-order valence-electron chi connectivity index (χ1n) is 11.3. The number of likely N-dealkylation sites (N-methyl/N-ethyl adjacent to an activating group) is 2. The molecule has 4 amide bonds. The first-order chi connectivity index (χ1) is 16.1. The fraction of sp³-hybridized carbons (Fsp3) is 0.522. The van der Waals surface area contributed by atoms with Gasteiger partial charge in [0.25, 0.3) is 5.91 Å². The highest BCUT2D eigenvalue weighted by Crippen LogP contribution is 2.41. The molecule has 184 valence electrons. The maximum Gasteiger partial charge on any atom is 0.416 e. The molecular weight excluding hydrogens is 451 g/mol. The van der Waals surface area contributed by atoms with Crippen molar-refractivity contribution in [2.75, 3.05) is 52.9 Å². The number of rotatable bonds is 5. The molecule has 0 saturated carbocycles. The molecule has 3 heterocycles. The van der Waals surface area contributed by atoms with Crippen LogP contribution in [0.25, 0.3) is 0 Å². The number of nitrogens with zero attached hydrogens (tertiary/aromatic N) is 4. The molecule has 3 aliphatic rings. The third-order valence-electron chi connectivity index (χ3n) is 6.78. The summed E-state index contributed by atoms with van der Waals surface area (Å²) in [6, 6.07) is 3.14. The van der Waals surface area contributed by atoms with Crippen LogP contribution in [-0.2, 0) is 15.8 Å². The van der Waals surface area contributed by atoms with Crippen LogP contribution in [0.4, 0.5) is 18.0 Å². The molecule has 1 N–H and O–H groups in total. The van der Waals surface area contributed by atoms with E-state index in [2.05, 4.69) is 17.1 Å². The number of carbonyl (C=O) groups is 3. The summed E-state index contributed by atoms with van der Waals surface area (Å²) in [6.07, 6.45) is -4.52. The van der Waals surface area contributed by atoms with E-state index >= 15 is 0 Å². The number of carbonyl (C=O) groups excluding carboxylic acids is 3. The number of urea groups is 1. The van der Waals surface area contributed by atoms with Gasteiger partial charge in [-0.3, -0.25) is 14.5 Å². The Morgan fingerprint density at radius 1 is 1.12 bits per heavy atom. The van der Waals surface area contributed by atoms with E-state index in [1.54, 1.807) is 4.90 Å². The van der Waals surface area contributed by atoms with E-state index in [0.717, 1.165) is 25.7 Å². The highest BCUT2D eigenvalue weighted by molar-refractivity contribution is 6.01. The number of amides is 4. The Kier molecular flexibility index (Phi) is 6.57. The van der Waals surface area contributed by atoms with Gasteiger partial charge in [0, 0.05) is 46.2 Å². The van der Waals surface area contributed by atoms with E-state index in [1.807, 2.05) is 0 Å². The van der Waals surface area contributed by atoms with Crippen LogP contribution in [0.1, 0.15) is 30.5 Å². The molecule has 1 unspecified atom stereocenters. The van der Waals surface area contributed by atoms with E-state index in [1.165, 1.54) is 35.0 Å². The Hall–Kier alpha value is -3.08. The Balaban J connectivity index is 1.51. The molecule has 8 nitrogen and oxygen atoms in total. The van der Waals surface area contributed by atoms with Crippen molar-refractivity contribution < 1.29 is 27.6 Å². The first kappa shape index (κ1) is 24.1. The van der Waals surface area contributed by atoms with Crippen molar-refractivity contribution in [2.45, 2.75) is 25.6 Å². The molecule has 0 aliphatic carbocycles. The van der Waals surface area contributed by atoms with Gasteiger partial charge in [0.2, 0.25) is 5.91 Å². The fourth-order valence-corrected chi connectivity index (χ4v) is 4.75. The summed E-state index contributed by atoms with van der Waals surface area (Å²) in [7, 11) is 1.48. The lowest BCUT2D eigenvalue weighted by Crippen LogP contribution is -2.49. The quantitative estimate of drug-likeness (QED) is 0.702. The third-order valence-corrected chi connectivity index (χ3v) is 6.78.